The van der Waals surface area contributed by atoms with Crippen LogP contribution < -0.4 is 0 Å². The van der Waals surface area contributed by atoms with Crippen molar-refractivity contribution in [2.75, 3.05) is 40.3 Å². The second kappa shape index (κ2) is 10.4. The molecular weight excluding hydrogens is 408 g/mol. The maximum absolute atomic E-state index is 13.7. The number of rotatable bonds is 8. The van der Waals surface area contributed by atoms with Gasteiger partial charge in [-0.1, -0.05) is 73.5 Å². The Morgan fingerprint density at radius 1 is 0.939 bits per heavy atom. The molecule has 1 amide bonds. The zero-order chi connectivity index (χ0) is 23.3. The Morgan fingerprint density at radius 3 is 2.12 bits per heavy atom. The lowest BCUT2D eigenvalue weighted by molar-refractivity contribution is -0.893. The number of carbonyl (C=O) groups excluding carboxylic acids is 1. The van der Waals surface area contributed by atoms with Crippen LogP contribution in [0.5, 0.6) is 0 Å². The van der Waals surface area contributed by atoms with Gasteiger partial charge in [0.2, 0.25) is 0 Å². The molecule has 2 aromatic carbocycles. The molecule has 178 valence electrons. The number of amides is 1. The van der Waals surface area contributed by atoms with Gasteiger partial charge in [0.05, 0.1) is 27.2 Å². The summed E-state index contributed by atoms with van der Waals surface area (Å²) in [4.78, 5) is 15.7. The van der Waals surface area contributed by atoms with E-state index in [1.54, 1.807) is 0 Å². The first-order valence-corrected chi connectivity index (χ1v) is 12.8. The van der Waals surface area contributed by atoms with Crippen molar-refractivity contribution in [3.63, 3.8) is 0 Å². The van der Waals surface area contributed by atoms with Crippen molar-refractivity contribution in [3.05, 3.63) is 71.8 Å². The Bertz CT molecular complexity index is 884. The molecule has 1 atom stereocenters. The standard InChI is InChI=1S/C29H41N2O2/c1-31(2,22-19-24-11-5-3-6-12-24)23-25-17-20-30(21-18-25)28(32)29(33,27-15-9-10-16-27)26-13-7-4-8-14-26/h3-8,11-14,25,27,33H,9-10,15-23H2,1-2H3/q+1. The van der Waals surface area contributed by atoms with Crippen LogP contribution in [0, 0.1) is 11.8 Å². The Morgan fingerprint density at radius 2 is 1.52 bits per heavy atom. The third-order valence-electron chi connectivity index (χ3n) is 7.99. The highest BCUT2D eigenvalue weighted by Gasteiger charge is 2.48. The molecule has 2 fully saturated rings. The predicted molar refractivity (Wildman–Crippen MR) is 134 cm³/mol. The molecule has 4 rings (SSSR count). The van der Waals surface area contributed by atoms with Gasteiger partial charge in [0.15, 0.2) is 5.60 Å². The number of likely N-dealkylation sites (N-methyl/N-ethyl adjacent to an activating group) is 1. The highest BCUT2D eigenvalue weighted by atomic mass is 16.3. The van der Waals surface area contributed by atoms with E-state index in [2.05, 4.69) is 44.4 Å². The average molecular weight is 450 g/mol. The molecule has 1 aliphatic carbocycles. The van der Waals surface area contributed by atoms with Crippen LogP contribution in [0.25, 0.3) is 0 Å². The molecule has 4 heteroatoms. The molecule has 33 heavy (non-hydrogen) atoms. The summed E-state index contributed by atoms with van der Waals surface area (Å²) in [7, 11) is 4.66. The summed E-state index contributed by atoms with van der Waals surface area (Å²) >= 11 is 0. The molecule has 0 spiro atoms. The van der Waals surface area contributed by atoms with Gasteiger partial charge in [-0.25, -0.2) is 0 Å². The van der Waals surface area contributed by atoms with E-state index in [1.807, 2.05) is 35.2 Å². The third kappa shape index (κ3) is 5.67. The largest absolute Gasteiger partial charge is 0.375 e. The highest BCUT2D eigenvalue weighted by molar-refractivity contribution is 5.87. The van der Waals surface area contributed by atoms with Crippen molar-refractivity contribution in [1.29, 1.82) is 0 Å². The third-order valence-corrected chi connectivity index (χ3v) is 7.99. The fourth-order valence-corrected chi connectivity index (χ4v) is 6.00. The van der Waals surface area contributed by atoms with Crippen LogP contribution >= 0.6 is 0 Å². The lowest BCUT2D eigenvalue weighted by Gasteiger charge is -2.42. The van der Waals surface area contributed by atoms with Crippen LogP contribution in [-0.2, 0) is 16.8 Å². The minimum atomic E-state index is -1.38. The minimum Gasteiger partial charge on any atom is -0.375 e. The molecule has 0 radical (unpaired) electrons. The van der Waals surface area contributed by atoms with Crippen LogP contribution in [0.3, 0.4) is 0 Å². The molecule has 1 aliphatic heterocycles. The monoisotopic (exact) mass is 449 g/mol. The zero-order valence-corrected chi connectivity index (χ0v) is 20.5. The number of hydrogen-bond donors (Lipinski definition) is 1. The van der Waals surface area contributed by atoms with Crippen LogP contribution in [0.2, 0.25) is 0 Å². The fraction of sp³-hybridized carbons (Fsp3) is 0.552. The minimum absolute atomic E-state index is 0.0266. The second-order valence-corrected chi connectivity index (χ2v) is 10.9. The smallest absolute Gasteiger partial charge is 0.259 e. The Kier molecular flexibility index (Phi) is 7.55. The Labute approximate surface area is 199 Å². The number of likely N-dealkylation sites (tertiary alicyclic amines) is 1. The van der Waals surface area contributed by atoms with Gasteiger partial charge < -0.3 is 14.5 Å². The van der Waals surface area contributed by atoms with Crippen LogP contribution in [0.15, 0.2) is 60.7 Å². The molecule has 2 aromatic rings. The number of piperidine rings is 1. The normalized spacial score (nSPS) is 20.0. The van der Waals surface area contributed by atoms with Crippen LogP contribution in [0.1, 0.15) is 49.7 Å². The van der Waals surface area contributed by atoms with Gasteiger partial charge in [0.1, 0.15) is 0 Å². The van der Waals surface area contributed by atoms with Gasteiger partial charge in [-0.05, 0) is 36.8 Å². The SMILES string of the molecule is C[N+](C)(CCc1ccccc1)CC1CCN(C(=O)C(O)(c2ccccc2)C2CCCC2)CC1. The summed E-state index contributed by atoms with van der Waals surface area (Å²) < 4.78 is 1.00. The quantitative estimate of drug-likeness (QED) is 0.598. The lowest BCUT2D eigenvalue weighted by Crippen LogP contribution is -2.54. The van der Waals surface area contributed by atoms with E-state index in [4.69, 9.17) is 0 Å². The van der Waals surface area contributed by atoms with Crippen molar-refractivity contribution < 1.29 is 14.4 Å². The van der Waals surface area contributed by atoms with E-state index >= 15 is 0 Å². The van der Waals surface area contributed by atoms with E-state index in [0.29, 0.717) is 5.92 Å². The summed E-state index contributed by atoms with van der Waals surface area (Å²) in [5.74, 6) is 0.576. The van der Waals surface area contributed by atoms with Gasteiger partial charge in [-0.2, -0.15) is 0 Å². The van der Waals surface area contributed by atoms with Gasteiger partial charge in [-0.15, -0.1) is 0 Å². The van der Waals surface area contributed by atoms with E-state index in [9.17, 15) is 9.90 Å². The topological polar surface area (TPSA) is 40.5 Å². The van der Waals surface area contributed by atoms with E-state index < -0.39 is 5.60 Å². The zero-order valence-electron chi connectivity index (χ0n) is 20.5. The summed E-state index contributed by atoms with van der Waals surface area (Å²) in [6.45, 7) is 3.77. The number of nitrogens with zero attached hydrogens (tertiary/aromatic N) is 2. The van der Waals surface area contributed by atoms with Gasteiger partial charge >= 0.3 is 0 Å². The summed E-state index contributed by atoms with van der Waals surface area (Å²) in [6.07, 6.45) is 7.21. The molecule has 0 bridgehead atoms. The Balaban J connectivity index is 1.35. The molecule has 1 saturated heterocycles. The van der Waals surface area contributed by atoms with Gasteiger partial charge in [-0.3, -0.25) is 4.79 Å². The van der Waals surface area contributed by atoms with Gasteiger partial charge in [0, 0.05) is 31.3 Å². The van der Waals surface area contributed by atoms with E-state index in [1.165, 1.54) is 5.56 Å². The molecular formula is C29H41N2O2+. The number of quaternary nitrogens is 1. The van der Waals surface area contributed by atoms with Crippen molar-refractivity contribution >= 4 is 5.91 Å². The van der Waals surface area contributed by atoms with Crippen molar-refractivity contribution in [1.82, 2.24) is 4.90 Å². The molecule has 0 aromatic heterocycles. The molecule has 1 saturated carbocycles. The highest BCUT2D eigenvalue weighted by Crippen LogP contribution is 2.42. The van der Waals surface area contributed by atoms with Gasteiger partial charge in [0.25, 0.3) is 5.91 Å². The summed E-state index contributed by atoms with van der Waals surface area (Å²) in [5, 5.41) is 11.8. The van der Waals surface area contributed by atoms with Crippen molar-refractivity contribution in [2.45, 2.75) is 50.5 Å². The average Bonchev–Trinajstić information content (AvgIpc) is 3.39. The lowest BCUT2D eigenvalue weighted by atomic mass is 9.78. The predicted octanol–water partition coefficient (Wildman–Crippen LogP) is 4.62. The maximum Gasteiger partial charge on any atom is 0.259 e. The molecule has 2 aliphatic rings. The van der Waals surface area contributed by atoms with E-state index in [-0.39, 0.29) is 11.8 Å². The summed E-state index contributed by atoms with van der Waals surface area (Å²) in [6, 6.07) is 20.4. The first-order valence-electron chi connectivity index (χ1n) is 12.8. The number of hydrogen-bond acceptors (Lipinski definition) is 2. The number of carbonyl (C=O) groups is 1. The molecule has 1 N–H and O–H groups in total. The number of benzene rings is 2. The maximum atomic E-state index is 13.7. The molecule has 4 nitrogen and oxygen atoms in total. The molecule has 1 unspecified atom stereocenters. The van der Waals surface area contributed by atoms with E-state index in [0.717, 1.165) is 81.2 Å². The first-order chi connectivity index (χ1) is 15.9. The van der Waals surface area contributed by atoms with Crippen LogP contribution in [0.4, 0.5) is 0 Å². The first kappa shape index (κ1) is 24.0. The Hall–Kier alpha value is -2.17. The van der Waals surface area contributed by atoms with Crippen molar-refractivity contribution in [2.24, 2.45) is 11.8 Å². The molecule has 1 heterocycles. The fourth-order valence-electron chi connectivity index (χ4n) is 6.00. The van der Waals surface area contributed by atoms with Crippen molar-refractivity contribution in [3.8, 4) is 0 Å². The summed E-state index contributed by atoms with van der Waals surface area (Å²) in [5.41, 5.74) is 0.786. The number of aliphatic hydroxyl groups is 1. The van der Waals surface area contributed by atoms with Crippen LogP contribution in [-0.4, -0.2) is 60.7 Å². The second-order valence-electron chi connectivity index (χ2n) is 10.9.